The van der Waals surface area contributed by atoms with Gasteiger partial charge in [-0.2, -0.15) is 0 Å². The molecule has 1 aromatic rings. The van der Waals surface area contributed by atoms with Gasteiger partial charge in [0.1, 0.15) is 5.75 Å². The van der Waals surface area contributed by atoms with Crippen molar-refractivity contribution in [2.24, 2.45) is 0 Å². The van der Waals surface area contributed by atoms with Gasteiger partial charge >= 0.3 is 6.03 Å². The summed E-state index contributed by atoms with van der Waals surface area (Å²) in [6.45, 7) is 2.57. The monoisotopic (exact) mass is 274 g/mol. The molecule has 1 atom stereocenters. The number of carbonyl (C=O) groups excluding carboxylic acids is 2. The molecule has 106 valence electrons. The molecule has 0 saturated carbocycles. The highest BCUT2D eigenvalue weighted by atomic mass is 16.5. The number of rotatable bonds is 3. The lowest BCUT2D eigenvalue weighted by Gasteiger charge is -2.33. The summed E-state index contributed by atoms with van der Waals surface area (Å²) in [7, 11) is 0. The summed E-state index contributed by atoms with van der Waals surface area (Å²) < 4.78 is 5.62. The van der Waals surface area contributed by atoms with Gasteiger partial charge < -0.3 is 10.1 Å². The maximum atomic E-state index is 12.2. The van der Waals surface area contributed by atoms with Crippen molar-refractivity contribution in [3.8, 4) is 5.75 Å². The number of ether oxygens (including phenoxy) is 1. The number of imide groups is 1. The number of nitrogens with one attached hydrogen (secondary N) is 2. The van der Waals surface area contributed by atoms with E-state index in [-0.39, 0.29) is 5.91 Å². The molecule has 2 aliphatic rings. The smallest absolute Gasteiger partial charge is 0.322 e. The van der Waals surface area contributed by atoms with Crippen LogP contribution < -0.4 is 15.4 Å². The highest BCUT2D eigenvalue weighted by Gasteiger charge is 2.50. The summed E-state index contributed by atoms with van der Waals surface area (Å²) >= 11 is 0. The molecule has 1 unspecified atom stereocenters. The lowest BCUT2D eigenvalue weighted by molar-refractivity contribution is -0.125. The Morgan fingerprint density at radius 1 is 1.35 bits per heavy atom. The van der Waals surface area contributed by atoms with Gasteiger partial charge in [0, 0.05) is 12.0 Å². The number of hydrogen-bond acceptors (Lipinski definition) is 3. The van der Waals surface area contributed by atoms with E-state index >= 15 is 0 Å². The standard InChI is InChI=1S/C15H18N2O3/c1-2-3-4-10-5-6-12-11(9-10)15(7-8-20-12)13(18)16-14(19)17-15/h5-6,9H,2-4,7-8H2,1H3,(H2,16,17,18,19). The lowest BCUT2D eigenvalue weighted by atomic mass is 9.83. The van der Waals surface area contributed by atoms with Gasteiger partial charge in [-0.1, -0.05) is 19.4 Å². The second-order valence-electron chi connectivity index (χ2n) is 5.35. The van der Waals surface area contributed by atoms with Crippen LogP contribution in [0.5, 0.6) is 5.75 Å². The predicted molar refractivity (Wildman–Crippen MR) is 73.5 cm³/mol. The molecule has 0 aliphatic carbocycles. The molecule has 3 amide bonds. The molecular formula is C15H18N2O3. The number of urea groups is 1. The van der Waals surface area contributed by atoms with Crippen molar-refractivity contribution in [1.29, 1.82) is 0 Å². The molecule has 5 heteroatoms. The first kappa shape index (κ1) is 13.0. The Morgan fingerprint density at radius 2 is 2.20 bits per heavy atom. The molecule has 1 saturated heterocycles. The van der Waals surface area contributed by atoms with E-state index in [0.29, 0.717) is 18.8 Å². The van der Waals surface area contributed by atoms with E-state index in [1.54, 1.807) is 0 Å². The third-order valence-electron chi connectivity index (χ3n) is 4.00. The molecule has 20 heavy (non-hydrogen) atoms. The van der Waals surface area contributed by atoms with Crippen molar-refractivity contribution in [3.05, 3.63) is 29.3 Å². The largest absolute Gasteiger partial charge is 0.493 e. The minimum Gasteiger partial charge on any atom is -0.493 e. The zero-order chi connectivity index (χ0) is 14.2. The topological polar surface area (TPSA) is 67.4 Å². The van der Waals surface area contributed by atoms with Gasteiger partial charge in [0.15, 0.2) is 5.54 Å². The summed E-state index contributed by atoms with van der Waals surface area (Å²) in [5, 5.41) is 5.12. The fourth-order valence-corrected chi connectivity index (χ4v) is 2.88. The second kappa shape index (κ2) is 4.81. The quantitative estimate of drug-likeness (QED) is 0.827. The Balaban J connectivity index is 2.02. The minimum atomic E-state index is -0.951. The van der Waals surface area contributed by atoms with Gasteiger partial charge in [-0.15, -0.1) is 0 Å². The van der Waals surface area contributed by atoms with Crippen molar-refractivity contribution in [2.75, 3.05) is 6.61 Å². The number of carbonyl (C=O) groups is 2. The van der Waals surface area contributed by atoms with E-state index in [9.17, 15) is 9.59 Å². The molecule has 2 heterocycles. The first-order chi connectivity index (χ1) is 9.65. The Hall–Kier alpha value is -2.04. The molecule has 2 N–H and O–H groups in total. The molecule has 3 rings (SSSR count). The maximum Gasteiger partial charge on any atom is 0.322 e. The van der Waals surface area contributed by atoms with Gasteiger partial charge in [-0.3, -0.25) is 10.1 Å². The van der Waals surface area contributed by atoms with Crippen molar-refractivity contribution in [2.45, 2.75) is 38.1 Å². The molecule has 0 bridgehead atoms. The third-order valence-corrected chi connectivity index (χ3v) is 4.00. The van der Waals surface area contributed by atoms with Crippen LogP contribution in [0.25, 0.3) is 0 Å². The van der Waals surface area contributed by atoms with E-state index < -0.39 is 11.6 Å². The van der Waals surface area contributed by atoms with Crippen LogP contribution in [-0.4, -0.2) is 18.5 Å². The zero-order valence-electron chi connectivity index (χ0n) is 11.5. The van der Waals surface area contributed by atoms with Crippen molar-refractivity contribution < 1.29 is 14.3 Å². The van der Waals surface area contributed by atoms with Crippen LogP contribution in [0.3, 0.4) is 0 Å². The van der Waals surface area contributed by atoms with Gasteiger partial charge in [-0.05, 0) is 30.5 Å². The first-order valence-electron chi connectivity index (χ1n) is 7.05. The van der Waals surface area contributed by atoms with Crippen LogP contribution >= 0.6 is 0 Å². The molecule has 0 aromatic heterocycles. The lowest BCUT2D eigenvalue weighted by Crippen LogP contribution is -2.47. The normalized spacial score (nSPS) is 24.1. The Kier molecular flexibility index (Phi) is 3.12. The van der Waals surface area contributed by atoms with Crippen LogP contribution in [0.4, 0.5) is 4.79 Å². The number of benzene rings is 1. The molecule has 5 nitrogen and oxygen atoms in total. The van der Waals surface area contributed by atoms with Gasteiger partial charge in [0.2, 0.25) is 0 Å². The highest BCUT2D eigenvalue weighted by molar-refractivity contribution is 6.07. The van der Waals surface area contributed by atoms with Gasteiger partial charge in [0.05, 0.1) is 6.61 Å². The fourth-order valence-electron chi connectivity index (χ4n) is 2.88. The Labute approximate surface area is 117 Å². The number of hydrogen-bond donors (Lipinski definition) is 2. The molecule has 1 aromatic carbocycles. The van der Waals surface area contributed by atoms with E-state index in [1.807, 2.05) is 18.2 Å². The molecular weight excluding hydrogens is 256 g/mol. The molecule has 1 fully saturated rings. The van der Waals surface area contributed by atoms with Crippen LogP contribution in [0.1, 0.15) is 37.3 Å². The van der Waals surface area contributed by atoms with E-state index in [1.165, 1.54) is 5.56 Å². The van der Waals surface area contributed by atoms with Crippen LogP contribution in [-0.2, 0) is 16.8 Å². The molecule has 1 spiro atoms. The molecule has 0 radical (unpaired) electrons. The Bertz CT molecular complexity index is 570. The van der Waals surface area contributed by atoms with E-state index in [4.69, 9.17) is 4.74 Å². The van der Waals surface area contributed by atoms with E-state index in [2.05, 4.69) is 17.6 Å². The predicted octanol–water partition coefficient (Wildman–Crippen LogP) is 1.85. The molecule has 2 aliphatic heterocycles. The zero-order valence-corrected chi connectivity index (χ0v) is 11.5. The highest BCUT2D eigenvalue weighted by Crippen LogP contribution is 2.39. The van der Waals surface area contributed by atoms with Crippen molar-refractivity contribution >= 4 is 11.9 Å². The Morgan fingerprint density at radius 3 is 2.90 bits per heavy atom. The summed E-state index contributed by atoms with van der Waals surface area (Å²) in [6.07, 6.45) is 3.66. The van der Waals surface area contributed by atoms with Crippen LogP contribution in [0.15, 0.2) is 18.2 Å². The minimum absolute atomic E-state index is 0.278. The number of aryl methyl sites for hydroxylation is 1. The SMILES string of the molecule is CCCCc1ccc2c(c1)C1(CCO2)NC(=O)NC1=O. The number of fused-ring (bicyclic) bond motifs is 2. The summed E-state index contributed by atoms with van der Waals surface area (Å²) in [4.78, 5) is 23.7. The van der Waals surface area contributed by atoms with Crippen LogP contribution in [0.2, 0.25) is 0 Å². The average Bonchev–Trinajstić information content (AvgIpc) is 2.72. The van der Waals surface area contributed by atoms with Crippen molar-refractivity contribution in [1.82, 2.24) is 10.6 Å². The number of amides is 3. The third kappa shape index (κ3) is 1.94. The van der Waals surface area contributed by atoms with Crippen molar-refractivity contribution in [3.63, 3.8) is 0 Å². The fraction of sp³-hybridized carbons (Fsp3) is 0.467. The summed E-state index contributed by atoms with van der Waals surface area (Å²) in [5.41, 5.74) is 0.998. The van der Waals surface area contributed by atoms with E-state index in [0.717, 1.165) is 24.8 Å². The van der Waals surface area contributed by atoms with Gasteiger partial charge in [-0.25, -0.2) is 4.79 Å². The summed E-state index contributed by atoms with van der Waals surface area (Å²) in [5.74, 6) is 0.411. The number of unbranched alkanes of at least 4 members (excludes halogenated alkanes) is 1. The van der Waals surface area contributed by atoms with Gasteiger partial charge in [0.25, 0.3) is 5.91 Å². The maximum absolute atomic E-state index is 12.2. The first-order valence-corrected chi connectivity index (χ1v) is 7.05. The average molecular weight is 274 g/mol. The summed E-state index contributed by atoms with van der Waals surface area (Å²) in [6, 6.07) is 5.50. The second-order valence-corrected chi connectivity index (χ2v) is 5.35. The van der Waals surface area contributed by atoms with Crippen LogP contribution in [0, 0.1) is 0 Å².